The number of rotatable bonds is 2. The van der Waals surface area contributed by atoms with Crippen molar-refractivity contribution in [3.05, 3.63) is 60.7 Å². The van der Waals surface area contributed by atoms with Gasteiger partial charge in [-0.05, 0) is 23.8 Å². The molecule has 4 rings (SSSR count). The molecule has 1 aromatic carbocycles. The average molecular weight is 299 g/mol. The lowest BCUT2D eigenvalue weighted by molar-refractivity contribution is 0.768. The number of aromatic nitrogens is 4. The number of pyridine rings is 1. The van der Waals surface area contributed by atoms with Crippen LogP contribution in [-0.4, -0.2) is 19.7 Å². The molecule has 0 fully saturated rings. The third-order valence-corrected chi connectivity index (χ3v) is 3.89. The number of H-pyrrole nitrogens is 1. The van der Waals surface area contributed by atoms with E-state index >= 15 is 0 Å². The first-order valence-corrected chi connectivity index (χ1v) is 7.21. The number of nitrogens with one attached hydrogen (secondary N) is 1. The first kappa shape index (κ1) is 13.3. The molecule has 110 valence electrons. The maximum absolute atomic E-state index is 8.92. The number of aryl methyl sites for hydroxylation is 1. The summed E-state index contributed by atoms with van der Waals surface area (Å²) in [6, 6.07) is 11.8. The van der Waals surface area contributed by atoms with Gasteiger partial charge in [-0.2, -0.15) is 10.4 Å². The van der Waals surface area contributed by atoms with Crippen LogP contribution in [0.4, 0.5) is 0 Å². The average Bonchev–Trinajstić information content (AvgIpc) is 3.20. The molecular weight excluding hydrogens is 286 g/mol. The SMILES string of the molecule is Cn1cc(-c2cnc3[nH]cc(-c4ccc(C#N)cc4)c3c2)cn1. The van der Waals surface area contributed by atoms with E-state index in [1.165, 1.54) is 0 Å². The molecule has 3 heterocycles. The van der Waals surface area contributed by atoms with Crippen LogP contribution >= 0.6 is 0 Å². The van der Waals surface area contributed by atoms with Gasteiger partial charge >= 0.3 is 0 Å². The predicted octanol–water partition coefficient (Wildman–Crippen LogP) is 3.50. The Kier molecular flexibility index (Phi) is 2.95. The van der Waals surface area contributed by atoms with Gasteiger partial charge in [0.2, 0.25) is 0 Å². The minimum atomic E-state index is 0.655. The quantitative estimate of drug-likeness (QED) is 0.616. The number of fused-ring (bicyclic) bond motifs is 1. The van der Waals surface area contributed by atoms with Crippen LogP contribution in [0.5, 0.6) is 0 Å². The molecule has 0 saturated carbocycles. The molecule has 0 spiro atoms. The van der Waals surface area contributed by atoms with Crippen molar-refractivity contribution in [1.82, 2.24) is 19.7 Å². The smallest absolute Gasteiger partial charge is 0.137 e. The lowest BCUT2D eigenvalue weighted by Gasteiger charge is -2.02. The Morgan fingerprint density at radius 2 is 1.91 bits per heavy atom. The monoisotopic (exact) mass is 299 g/mol. The molecule has 0 atom stereocenters. The van der Waals surface area contributed by atoms with Crippen LogP contribution < -0.4 is 0 Å². The van der Waals surface area contributed by atoms with E-state index in [0.29, 0.717) is 5.56 Å². The van der Waals surface area contributed by atoms with E-state index in [-0.39, 0.29) is 0 Å². The first-order valence-electron chi connectivity index (χ1n) is 7.21. The summed E-state index contributed by atoms with van der Waals surface area (Å²) in [4.78, 5) is 7.70. The van der Waals surface area contributed by atoms with Crippen LogP contribution in [0.3, 0.4) is 0 Å². The van der Waals surface area contributed by atoms with Crippen molar-refractivity contribution < 1.29 is 0 Å². The highest BCUT2D eigenvalue weighted by Gasteiger charge is 2.10. The van der Waals surface area contributed by atoms with Gasteiger partial charge in [0.25, 0.3) is 0 Å². The Labute approximate surface area is 132 Å². The van der Waals surface area contributed by atoms with Gasteiger partial charge in [-0.15, -0.1) is 0 Å². The molecule has 23 heavy (non-hydrogen) atoms. The maximum atomic E-state index is 8.92. The van der Waals surface area contributed by atoms with Crippen LogP contribution in [0, 0.1) is 11.3 Å². The summed E-state index contributed by atoms with van der Waals surface area (Å²) in [7, 11) is 1.90. The topological polar surface area (TPSA) is 70.3 Å². The molecule has 1 N–H and O–H groups in total. The van der Waals surface area contributed by atoms with E-state index in [0.717, 1.165) is 33.3 Å². The Balaban J connectivity index is 1.85. The molecule has 0 unspecified atom stereocenters. The molecule has 4 aromatic rings. The van der Waals surface area contributed by atoms with Gasteiger partial charge < -0.3 is 4.98 Å². The van der Waals surface area contributed by atoms with Crippen molar-refractivity contribution in [2.24, 2.45) is 7.05 Å². The number of hydrogen-bond donors (Lipinski definition) is 1. The van der Waals surface area contributed by atoms with Crippen LogP contribution in [-0.2, 0) is 7.05 Å². The Morgan fingerprint density at radius 3 is 2.61 bits per heavy atom. The standard InChI is InChI=1S/C18H13N5/c1-23-11-15(9-22-23)14-6-16-17(10-21-18(16)20-8-14)13-4-2-12(7-19)3-5-13/h2-6,8-11H,1H3,(H,20,21). The third kappa shape index (κ3) is 2.27. The fourth-order valence-corrected chi connectivity index (χ4v) is 2.69. The zero-order chi connectivity index (χ0) is 15.8. The van der Waals surface area contributed by atoms with E-state index in [2.05, 4.69) is 27.2 Å². The van der Waals surface area contributed by atoms with Crippen molar-refractivity contribution >= 4 is 11.0 Å². The molecule has 3 aromatic heterocycles. The van der Waals surface area contributed by atoms with Crippen molar-refractivity contribution in [2.75, 3.05) is 0 Å². The molecule has 5 heteroatoms. The fourth-order valence-electron chi connectivity index (χ4n) is 2.69. The Morgan fingerprint density at radius 1 is 1.09 bits per heavy atom. The number of hydrogen-bond acceptors (Lipinski definition) is 3. The van der Waals surface area contributed by atoms with Crippen LogP contribution in [0.15, 0.2) is 55.1 Å². The van der Waals surface area contributed by atoms with E-state index in [9.17, 15) is 0 Å². The zero-order valence-electron chi connectivity index (χ0n) is 12.5. The van der Waals surface area contributed by atoms with Gasteiger partial charge in [-0.25, -0.2) is 4.98 Å². The molecule has 0 aliphatic carbocycles. The van der Waals surface area contributed by atoms with Crippen molar-refractivity contribution in [1.29, 1.82) is 5.26 Å². The fraction of sp³-hybridized carbons (Fsp3) is 0.0556. The van der Waals surface area contributed by atoms with Gasteiger partial charge in [0, 0.05) is 47.7 Å². The molecule has 0 saturated heterocycles. The van der Waals surface area contributed by atoms with Crippen molar-refractivity contribution in [3.63, 3.8) is 0 Å². The second-order valence-corrected chi connectivity index (χ2v) is 5.41. The van der Waals surface area contributed by atoms with Gasteiger partial charge in [0.05, 0.1) is 17.8 Å². The lowest BCUT2D eigenvalue weighted by Crippen LogP contribution is -1.84. The minimum Gasteiger partial charge on any atom is -0.346 e. The van der Waals surface area contributed by atoms with Gasteiger partial charge in [0.1, 0.15) is 5.65 Å². The highest BCUT2D eigenvalue weighted by atomic mass is 15.2. The molecule has 0 radical (unpaired) electrons. The molecular formula is C18H13N5. The van der Waals surface area contributed by atoms with Gasteiger partial charge in [-0.3, -0.25) is 4.68 Å². The predicted molar refractivity (Wildman–Crippen MR) is 88.4 cm³/mol. The number of nitriles is 1. The highest BCUT2D eigenvalue weighted by Crippen LogP contribution is 2.30. The summed E-state index contributed by atoms with van der Waals surface area (Å²) < 4.78 is 1.78. The second-order valence-electron chi connectivity index (χ2n) is 5.41. The normalized spacial score (nSPS) is 10.8. The first-order chi connectivity index (χ1) is 11.2. The maximum Gasteiger partial charge on any atom is 0.137 e. The molecule has 0 aliphatic heterocycles. The summed E-state index contributed by atoms with van der Waals surface area (Å²) in [6.07, 6.45) is 7.60. The number of nitrogens with zero attached hydrogens (tertiary/aromatic N) is 4. The molecule has 0 bridgehead atoms. The van der Waals surface area contributed by atoms with Gasteiger partial charge in [0.15, 0.2) is 0 Å². The summed E-state index contributed by atoms with van der Waals surface area (Å²) >= 11 is 0. The van der Waals surface area contributed by atoms with E-state index in [4.69, 9.17) is 5.26 Å². The van der Waals surface area contributed by atoms with Crippen molar-refractivity contribution in [2.45, 2.75) is 0 Å². The summed E-state index contributed by atoms with van der Waals surface area (Å²) in [5, 5.41) is 14.2. The molecule has 5 nitrogen and oxygen atoms in total. The minimum absolute atomic E-state index is 0.655. The Bertz CT molecular complexity index is 1030. The Hall–Kier alpha value is -3.39. The molecule has 0 amide bonds. The zero-order valence-corrected chi connectivity index (χ0v) is 12.5. The number of benzene rings is 1. The largest absolute Gasteiger partial charge is 0.346 e. The van der Waals surface area contributed by atoms with Crippen molar-refractivity contribution in [3.8, 4) is 28.3 Å². The molecule has 0 aliphatic rings. The summed E-state index contributed by atoms with van der Waals surface area (Å²) in [6.45, 7) is 0. The third-order valence-electron chi connectivity index (χ3n) is 3.89. The van der Waals surface area contributed by atoms with Crippen LogP contribution in [0.2, 0.25) is 0 Å². The van der Waals surface area contributed by atoms with E-state index < -0.39 is 0 Å². The van der Waals surface area contributed by atoms with E-state index in [1.807, 2.05) is 56.1 Å². The summed E-state index contributed by atoms with van der Waals surface area (Å²) in [5.41, 5.74) is 5.69. The van der Waals surface area contributed by atoms with Crippen LogP contribution in [0.25, 0.3) is 33.3 Å². The lowest BCUT2D eigenvalue weighted by atomic mass is 10.0. The number of aromatic amines is 1. The van der Waals surface area contributed by atoms with E-state index in [1.54, 1.807) is 4.68 Å². The summed E-state index contributed by atoms with van der Waals surface area (Å²) in [5.74, 6) is 0. The van der Waals surface area contributed by atoms with Crippen LogP contribution in [0.1, 0.15) is 5.56 Å². The van der Waals surface area contributed by atoms with Gasteiger partial charge in [-0.1, -0.05) is 12.1 Å². The highest BCUT2D eigenvalue weighted by molar-refractivity contribution is 5.95. The second kappa shape index (κ2) is 5.11.